The number of likely N-dealkylation sites (N-methyl/N-ethyl adjacent to an activating group) is 1. The Kier molecular flexibility index (Phi) is 3.25. The average Bonchev–Trinajstić information content (AvgIpc) is 2.70. The van der Waals surface area contributed by atoms with Crippen LogP contribution >= 0.6 is 0 Å². The highest BCUT2D eigenvalue weighted by Crippen LogP contribution is 2.18. The molecule has 0 radical (unpaired) electrons. The summed E-state index contributed by atoms with van der Waals surface area (Å²) >= 11 is 0. The Balaban J connectivity index is 0.000000457. The van der Waals surface area contributed by atoms with Crippen LogP contribution in [-0.4, -0.2) is 27.9 Å². The summed E-state index contributed by atoms with van der Waals surface area (Å²) in [6, 6.07) is 6.17. The van der Waals surface area contributed by atoms with Crippen molar-refractivity contribution >= 4 is 5.65 Å². The largest absolute Gasteiger partial charge is 0.302 e. The molecule has 3 heterocycles. The summed E-state index contributed by atoms with van der Waals surface area (Å²) in [6.07, 6.45) is 3.17. The first-order valence-electron chi connectivity index (χ1n) is 5.98. The van der Waals surface area contributed by atoms with E-state index in [0.29, 0.717) is 0 Å². The average molecular weight is 217 g/mol. The molecule has 0 N–H and O–H groups in total. The number of hydrogen-bond acceptors (Lipinski definition) is 2. The molecule has 2 aromatic rings. The molecule has 0 saturated heterocycles. The lowest BCUT2D eigenvalue weighted by Crippen LogP contribution is -2.27. The van der Waals surface area contributed by atoms with Crippen LogP contribution in [0.1, 0.15) is 25.2 Å². The molecule has 0 aliphatic carbocycles. The molecule has 3 nitrogen and oxygen atoms in total. The minimum Gasteiger partial charge on any atom is -0.302 e. The maximum absolute atomic E-state index is 4.62. The van der Waals surface area contributed by atoms with Crippen molar-refractivity contribution in [2.75, 3.05) is 13.6 Å². The Labute approximate surface area is 96.7 Å². The fourth-order valence-electron chi connectivity index (χ4n) is 2.09. The molecule has 86 valence electrons. The van der Waals surface area contributed by atoms with Crippen molar-refractivity contribution in [3.63, 3.8) is 0 Å². The summed E-state index contributed by atoms with van der Waals surface area (Å²) in [6.45, 7) is 6.14. The highest BCUT2D eigenvalue weighted by atomic mass is 15.1. The fraction of sp³-hybridized carbons (Fsp3) is 0.462. The van der Waals surface area contributed by atoms with E-state index in [4.69, 9.17) is 0 Å². The van der Waals surface area contributed by atoms with E-state index in [0.717, 1.165) is 25.2 Å². The molecule has 0 fully saturated rings. The van der Waals surface area contributed by atoms with Crippen molar-refractivity contribution in [1.29, 1.82) is 0 Å². The van der Waals surface area contributed by atoms with Gasteiger partial charge < -0.3 is 9.30 Å². The summed E-state index contributed by atoms with van der Waals surface area (Å²) in [4.78, 5) is 6.96. The van der Waals surface area contributed by atoms with Gasteiger partial charge >= 0.3 is 0 Å². The first kappa shape index (κ1) is 11.1. The molecule has 0 aromatic carbocycles. The molecule has 1 aliphatic heterocycles. The number of hydrogen-bond donors (Lipinski definition) is 0. The third-order valence-corrected chi connectivity index (χ3v) is 2.86. The minimum absolute atomic E-state index is 1.01. The van der Waals surface area contributed by atoms with Crippen LogP contribution in [0.15, 0.2) is 24.4 Å². The number of aromatic nitrogens is 2. The minimum atomic E-state index is 1.01. The topological polar surface area (TPSA) is 20.5 Å². The van der Waals surface area contributed by atoms with Gasteiger partial charge in [0.15, 0.2) is 0 Å². The molecule has 3 rings (SSSR count). The van der Waals surface area contributed by atoms with E-state index in [9.17, 15) is 0 Å². The molecular weight excluding hydrogens is 198 g/mol. The molecule has 3 heteroatoms. The Morgan fingerprint density at radius 2 is 2.06 bits per heavy atom. The summed E-state index contributed by atoms with van der Waals surface area (Å²) in [7, 11) is 2.16. The third kappa shape index (κ3) is 1.83. The zero-order valence-corrected chi connectivity index (χ0v) is 10.3. The molecule has 0 saturated carbocycles. The van der Waals surface area contributed by atoms with Crippen LogP contribution in [0.25, 0.3) is 5.65 Å². The number of fused-ring (bicyclic) bond motifs is 3. The Morgan fingerprint density at radius 3 is 2.88 bits per heavy atom. The number of imidazole rings is 1. The standard InChI is InChI=1S/C11H13N3.C2H6/c1-13-7-5-9-10(8-13)14-6-3-2-4-11(14)12-9;1-2/h2-4,6H,5,7-8H2,1H3;1-2H3. The maximum Gasteiger partial charge on any atom is 0.137 e. The van der Waals surface area contributed by atoms with Gasteiger partial charge in [-0.05, 0) is 19.2 Å². The second kappa shape index (κ2) is 4.66. The van der Waals surface area contributed by atoms with Gasteiger partial charge in [0.2, 0.25) is 0 Å². The lowest BCUT2D eigenvalue weighted by molar-refractivity contribution is 0.306. The Morgan fingerprint density at radius 1 is 1.25 bits per heavy atom. The molecule has 0 unspecified atom stereocenters. The summed E-state index contributed by atoms with van der Waals surface area (Å²) < 4.78 is 2.20. The highest BCUT2D eigenvalue weighted by Gasteiger charge is 2.18. The zero-order chi connectivity index (χ0) is 11.5. The van der Waals surface area contributed by atoms with E-state index in [-0.39, 0.29) is 0 Å². The molecule has 0 atom stereocenters. The van der Waals surface area contributed by atoms with Gasteiger partial charge in [0.25, 0.3) is 0 Å². The highest BCUT2D eigenvalue weighted by molar-refractivity contribution is 5.43. The lowest BCUT2D eigenvalue weighted by atomic mass is 10.1. The SMILES string of the molecule is CC.CN1CCc2nc3ccccn3c2C1. The number of nitrogens with zero attached hydrogens (tertiary/aromatic N) is 3. The first-order valence-corrected chi connectivity index (χ1v) is 5.98. The van der Waals surface area contributed by atoms with Gasteiger partial charge in [-0.1, -0.05) is 19.9 Å². The maximum atomic E-state index is 4.62. The number of pyridine rings is 1. The van der Waals surface area contributed by atoms with E-state index in [1.54, 1.807) is 0 Å². The van der Waals surface area contributed by atoms with Crippen LogP contribution in [0.3, 0.4) is 0 Å². The van der Waals surface area contributed by atoms with Crippen molar-refractivity contribution in [2.45, 2.75) is 26.8 Å². The fourth-order valence-corrected chi connectivity index (χ4v) is 2.09. The van der Waals surface area contributed by atoms with Crippen LogP contribution in [0, 0.1) is 0 Å². The van der Waals surface area contributed by atoms with Gasteiger partial charge in [-0.15, -0.1) is 0 Å². The monoisotopic (exact) mass is 217 g/mol. The van der Waals surface area contributed by atoms with Gasteiger partial charge in [0.05, 0.1) is 11.4 Å². The van der Waals surface area contributed by atoms with Crippen molar-refractivity contribution in [2.24, 2.45) is 0 Å². The van der Waals surface area contributed by atoms with Gasteiger partial charge in [-0.25, -0.2) is 4.98 Å². The molecule has 1 aliphatic rings. The van der Waals surface area contributed by atoms with E-state index in [1.807, 2.05) is 19.9 Å². The zero-order valence-electron chi connectivity index (χ0n) is 10.3. The van der Waals surface area contributed by atoms with Crippen molar-refractivity contribution in [3.05, 3.63) is 35.8 Å². The summed E-state index contributed by atoms with van der Waals surface area (Å²) in [5, 5.41) is 0. The van der Waals surface area contributed by atoms with Crippen LogP contribution in [0.4, 0.5) is 0 Å². The van der Waals surface area contributed by atoms with Crippen LogP contribution in [0.5, 0.6) is 0 Å². The van der Waals surface area contributed by atoms with Crippen molar-refractivity contribution in [1.82, 2.24) is 14.3 Å². The Bertz CT molecular complexity index is 473. The van der Waals surface area contributed by atoms with Crippen LogP contribution in [-0.2, 0) is 13.0 Å². The summed E-state index contributed by atoms with van der Waals surface area (Å²) in [5.74, 6) is 0. The van der Waals surface area contributed by atoms with E-state index >= 15 is 0 Å². The smallest absolute Gasteiger partial charge is 0.137 e. The second-order valence-corrected chi connectivity index (χ2v) is 3.92. The van der Waals surface area contributed by atoms with E-state index in [1.165, 1.54) is 11.4 Å². The molecular formula is C13H19N3. The van der Waals surface area contributed by atoms with Crippen molar-refractivity contribution < 1.29 is 0 Å². The third-order valence-electron chi connectivity index (χ3n) is 2.86. The quantitative estimate of drug-likeness (QED) is 0.675. The lowest BCUT2D eigenvalue weighted by Gasteiger charge is -2.21. The second-order valence-electron chi connectivity index (χ2n) is 3.92. The van der Waals surface area contributed by atoms with Crippen molar-refractivity contribution in [3.8, 4) is 0 Å². The normalized spacial score (nSPS) is 15.4. The Hall–Kier alpha value is -1.35. The van der Waals surface area contributed by atoms with Gasteiger partial charge in [0.1, 0.15) is 5.65 Å². The first-order chi connectivity index (χ1) is 7.84. The molecule has 0 bridgehead atoms. The van der Waals surface area contributed by atoms with Gasteiger partial charge in [0, 0.05) is 25.7 Å². The predicted octanol–water partition coefficient (Wildman–Crippen LogP) is 2.35. The predicted molar refractivity (Wildman–Crippen MR) is 66.6 cm³/mol. The van der Waals surface area contributed by atoms with Crippen LogP contribution in [0.2, 0.25) is 0 Å². The molecule has 16 heavy (non-hydrogen) atoms. The van der Waals surface area contributed by atoms with E-state index < -0.39 is 0 Å². The van der Waals surface area contributed by atoms with Gasteiger partial charge in [-0.3, -0.25) is 0 Å². The van der Waals surface area contributed by atoms with Gasteiger partial charge in [-0.2, -0.15) is 0 Å². The summed E-state index contributed by atoms with van der Waals surface area (Å²) in [5.41, 5.74) is 3.71. The molecule has 2 aromatic heterocycles. The number of rotatable bonds is 0. The van der Waals surface area contributed by atoms with Crippen LogP contribution < -0.4 is 0 Å². The molecule has 0 amide bonds. The van der Waals surface area contributed by atoms with E-state index in [2.05, 4.69) is 39.7 Å². The molecule has 0 spiro atoms.